The Hall–Kier alpha value is -1.22. The monoisotopic (exact) mass is 518 g/mol. The predicted molar refractivity (Wildman–Crippen MR) is 132 cm³/mol. The Labute approximate surface area is 193 Å². The number of likely N-dealkylation sites (tertiary alicyclic amines) is 1. The summed E-state index contributed by atoms with van der Waals surface area (Å²) in [5, 5.41) is 6.87. The van der Waals surface area contributed by atoms with E-state index in [1.54, 1.807) is 7.11 Å². The maximum atomic E-state index is 5.97. The number of hydrogen-bond acceptors (Lipinski definition) is 4. The molecule has 1 aromatic carbocycles. The molecule has 0 aliphatic carbocycles. The molecule has 1 saturated heterocycles. The highest BCUT2D eigenvalue weighted by Crippen LogP contribution is 2.20. The molecular formula is C22H39IN4O2. The highest BCUT2D eigenvalue weighted by molar-refractivity contribution is 14.0. The summed E-state index contributed by atoms with van der Waals surface area (Å²) in [4.78, 5) is 7.29. The van der Waals surface area contributed by atoms with Crippen molar-refractivity contribution in [3.8, 4) is 11.5 Å². The van der Waals surface area contributed by atoms with Gasteiger partial charge in [0.05, 0.1) is 13.7 Å². The maximum absolute atomic E-state index is 5.97. The molecule has 0 saturated carbocycles. The summed E-state index contributed by atoms with van der Waals surface area (Å²) in [5.74, 6) is 3.14. The number of guanidine groups is 1. The van der Waals surface area contributed by atoms with Gasteiger partial charge >= 0.3 is 0 Å². The molecule has 7 heteroatoms. The Balaban J connectivity index is 0.00000420. The maximum Gasteiger partial charge on any atom is 0.191 e. The number of methoxy groups -OCH3 is 1. The third kappa shape index (κ3) is 9.42. The fourth-order valence-corrected chi connectivity index (χ4v) is 3.48. The second-order valence-corrected chi connectivity index (χ2v) is 7.80. The molecule has 2 N–H and O–H groups in total. The lowest BCUT2D eigenvalue weighted by Crippen LogP contribution is -2.46. The third-order valence-corrected chi connectivity index (χ3v) is 5.07. The fraction of sp³-hybridized carbons (Fsp3) is 0.682. The molecule has 0 bridgehead atoms. The van der Waals surface area contributed by atoms with E-state index in [2.05, 4.69) is 36.3 Å². The average molecular weight is 518 g/mol. The van der Waals surface area contributed by atoms with Crippen LogP contribution in [0.3, 0.4) is 0 Å². The van der Waals surface area contributed by atoms with E-state index in [4.69, 9.17) is 14.5 Å². The Morgan fingerprint density at radius 3 is 2.69 bits per heavy atom. The fourth-order valence-electron chi connectivity index (χ4n) is 3.48. The van der Waals surface area contributed by atoms with E-state index in [1.165, 1.54) is 25.9 Å². The minimum Gasteiger partial charge on any atom is -0.497 e. The second-order valence-electron chi connectivity index (χ2n) is 7.80. The third-order valence-electron chi connectivity index (χ3n) is 5.07. The molecule has 0 spiro atoms. The summed E-state index contributed by atoms with van der Waals surface area (Å²) >= 11 is 0. The molecule has 2 atom stereocenters. The summed E-state index contributed by atoms with van der Waals surface area (Å²) in [5.41, 5.74) is 0. The lowest BCUT2D eigenvalue weighted by molar-refractivity contribution is 0.141. The SMILES string of the molecule is CCNC(=NCC(C)Oc1cccc(OC)c1)NCC1CCCN(C(C)C)C1.I. The number of benzene rings is 1. The molecule has 1 aliphatic heterocycles. The van der Waals surface area contributed by atoms with E-state index in [1.807, 2.05) is 31.2 Å². The summed E-state index contributed by atoms with van der Waals surface area (Å²) < 4.78 is 11.2. The number of nitrogens with zero attached hydrogens (tertiary/aromatic N) is 2. The molecule has 2 rings (SSSR count). The quantitative estimate of drug-likeness (QED) is 0.296. The number of ether oxygens (including phenoxy) is 2. The second kappa shape index (κ2) is 13.9. The summed E-state index contributed by atoms with van der Waals surface area (Å²) in [6, 6.07) is 8.30. The van der Waals surface area contributed by atoms with E-state index in [-0.39, 0.29) is 30.1 Å². The normalized spacial score (nSPS) is 18.7. The van der Waals surface area contributed by atoms with Gasteiger partial charge < -0.3 is 25.0 Å². The molecule has 0 amide bonds. The highest BCUT2D eigenvalue weighted by Gasteiger charge is 2.21. The van der Waals surface area contributed by atoms with E-state index in [0.29, 0.717) is 18.5 Å². The van der Waals surface area contributed by atoms with Gasteiger partial charge in [-0.3, -0.25) is 0 Å². The van der Waals surface area contributed by atoms with Crippen LogP contribution in [0, 0.1) is 5.92 Å². The molecule has 29 heavy (non-hydrogen) atoms. The number of nitrogens with one attached hydrogen (secondary N) is 2. The number of rotatable bonds is 9. The van der Waals surface area contributed by atoms with Gasteiger partial charge in [0.1, 0.15) is 17.6 Å². The lowest BCUT2D eigenvalue weighted by atomic mass is 9.97. The van der Waals surface area contributed by atoms with Gasteiger partial charge in [-0.05, 0) is 65.1 Å². The van der Waals surface area contributed by atoms with E-state index >= 15 is 0 Å². The first kappa shape index (κ1) is 25.8. The van der Waals surface area contributed by atoms with Crippen molar-refractivity contribution in [1.29, 1.82) is 0 Å². The van der Waals surface area contributed by atoms with Crippen molar-refractivity contribution in [2.45, 2.75) is 52.7 Å². The summed E-state index contributed by atoms with van der Waals surface area (Å²) in [7, 11) is 1.66. The van der Waals surface area contributed by atoms with Crippen molar-refractivity contribution in [3.05, 3.63) is 24.3 Å². The highest BCUT2D eigenvalue weighted by atomic mass is 127. The minimum absolute atomic E-state index is 0. The van der Waals surface area contributed by atoms with Gasteiger partial charge in [0, 0.05) is 31.7 Å². The van der Waals surface area contributed by atoms with Crippen molar-refractivity contribution < 1.29 is 9.47 Å². The van der Waals surface area contributed by atoms with Crippen LogP contribution in [0.1, 0.15) is 40.5 Å². The van der Waals surface area contributed by atoms with Crippen LogP contribution in [0.4, 0.5) is 0 Å². The Kier molecular flexibility index (Phi) is 12.4. The molecule has 1 aliphatic rings. The molecule has 166 valence electrons. The number of halogens is 1. The van der Waals surface area contributed by atoms with Crippen LogP contribution in [-0.4, -0.2) is 62.8 Å². The number of aliphatic imine (C=N–C) groups is 1. The van der Waals surface area contributed by atoms with Gasteiger partial charge in [0.2, 0.25) is 0 Å². The smallest absolute Gasteiger partial charge is 0.191 e. The van der Waals surface area contributed by atoms with Crippen LogP contribution in [0.15, 0.2) is 29.3 Å². The van der Waals surface area contributed by atoms with Crippen LogP contribution >= 0.6 is 24.0 Å². The molecule has 0 aromatic heterocycles. The molecule has 1 heterocycles. The molecule has 6 nitrogen and oxygen atoms in total. The van der Waals surface area contributed by atoms with Gasteiger partial charge in [0.25, 0.3) is 0 Å². The number of hydrogen-bond donors (Lipinski definition) is 2. The van der Waals surface area contributed by atoms with Gasteiger partial charge in [-0.1, -0.05) is 6.07 Å². The topological polar surface area (TPSA) is 58.1 Å². The van der Waals surface area contributed by atoms with Gasteiger partial charge in [0.15, 0.2) is 5.96 Å². The largest absolute Gasteiger partial charge is 0.497 e. The van der Waals surface area contributed by atoms with Crippen LogP contribution in [-0.2, 0) is 0 Å². The first-order chi connectivity index (χ1) is 13.5. The van der Waals surface area contributed by atoms with Gasteiger partial charge in [-0.15, -0.1) is 24.0 Å². The van der Waals surface area contributed by atoms with Crippen molar-refractivity contribution in [3.63, 3.8) is 0 Å². The molecule has 1 aromatic rings. The molecule has 0 radical (unpaired) electrons. The van der Waals surface area contributed by atoms with E-state index < -0.39 is 0 Å². The molecule has 2 unspecified atom stereocenters. The van der Waals surface area contributed by atoms with Crippen LogP contribution < -0.4 is 20.1 Å². The van der Waals surface area contributed by atoms with E-state index in [0.717, 1.165) is 30.5 Å². The van der Waals surface area contributed by atoms with Crippen LogP contribution in [0.2, 0.25) is 0 Å². The van der Waals surface area contributed by atoms with Crippen molar-refractivity contribution >= 4 is 29.9 Å². The van der Waals surface area contributed by atoms with Crippen molar-refractivity contribution in [2.75, 3.05) is 39.8 Å². The Morgan fingerprint density at radius 1 is 1.24 bits per heavy atom. The first-order valence-electron chi connectivity index (χ1n) is 10.6. The lowest BCUT2D eigenvalue weighted by Gasteiger charge is -2.35. The zero-order chi connectivity index (χ0) is 20.4. The predicted octanol–water partition coefficient (Wildman–Crippen LogP) is 3.76. The summed E-state index contributed by atoms with van der Waals surface area (Å²) in [6.45, 7) is 13.5. The zero-order valence-corrected chi connectivity index (χ0v) is 20.9. The number of piperidine rings is 1. The van der Waals surface area contributed by atoms with E-state index in [9.17, 15) is 0 Å². The summed E-state index contributed by atoms with van der Waals surface area (Å²) in [6.07, 6.45) is 2.54. The van der Waals surface area contributed by atoms with Gasteiger partial charge in [-0.2, -0.15) is 0 Å². The Bertz CT molecular complexity index is 612. The first-order valence-corrected chi connectivity index (χ1v) is 10.6. The van der Waals surface area contributed by atoms with Crippen LogP contribution in [0.5, 0.6) is 11.5 Å². The zero-order valence-electron chi connectivity index (χ0n) is 18.6. The minimum atomic E-state index is -0.0197. The molecule has 1 fully saturated rings. The Morgan fingerprint density at radius 2 is 2.00 bits per heavy atom. The average Bonchev–Trinajstić information content (AvgIpc) is 2.70. The molecular weight excluding hydrogens is 479 g/mol. The van der Waals surface area contributed by atoms with Crippen LogP contribution in [0.25, 0.3) is 0 Å². The van der Waals surface area contributed by atoms with Crippen molar-refractivity contribution in [1.82, 2.24) is 15.5 Å². The van der Waals surface area contributed by atoms with Crippen molar-refractivity contribution in [2.24, 2.45) is 10.9 Å². The van der Waals surface area contributed by atoms with Gasteiger partial charge in [-0.25, -0.2) is 4.99 Å². The standard InChI is InChI=1S/C22H38N4O2.HI/c1-6-23-22(25-15-19-9-8-12-26(16-19)17(2)3)24-14-18(4)28-21-11-7-10-20(13-21)27-5;/h7,10-11,13,17-19H,6,8-9,12,14-16H2,1-5H3,(H2,23,24,25);1H.